The normalized spacial score (nSPS) is 10.6. The highest BCUT2D eigenvalue weighted by Crippen LogP contribution is 2.36. The molecule has 0 spiro atoms. The minimum absolute atomic E-state index is 0.0523. The van der Waals surface area contributed by atoms with E-state index >= 15 is 0 Å². The fourth-order valence-corrected chi connectivity index (χ4v) is 3.57. The third kappa shape index (κ3) is 4.12. The summed E-state index contributed by atoms with van der Waals surface area (Å²) < 4.78 is 1.59. The van der Waals surface area contributed by atoms with Crippen LogP contribution in [0.4, 0.5) is 17.1 Å². The van der Waals surface area contributed by atoms with E-state index in [0.717, 1.165) is 27.9 Å². The van der Waals surface area contributed by atoms with Crippen LogP contribution in [-0.2, 0) is 11.8 Å². The van der Waals surface area contributed by atoms with Crippen molar-refractivity contribution in [1.29, 1.82) is 0 Å². The van der Waals surface area contributed by atoms with Gasteiger partial charge in [0.1, 0.15) is 0 Å². The first kappa shape index (κ1) is 20.2. The molecule has 2 N–H and O–H groups in total. The molecule has 0 atom stereocenters. The van der Waals surface area contributed by atoms with E-state index in [1.165, 1.54) is 11.6 Å². The average molecular weight is 409 g/mol. The number of fused-ring (bicyclic) bond motifs is 1. The van der Waals surface area contributed by atoms with Gasteiger partial charge in [-0.15, -0.1) is 0 Å². The molecule has 0 aliphatic carbocycles. The number of anilines is 3. The molecule has 4 rings (SSSR count). The second kappa shape index (κ2) is 8.32. The van der Waals surface area contributed by atoms with Crippen molar-refractivity contribution in [1.82, 2.24) is 4.57 Å². The summed E-state index contributed by atoms with van der Waals surface area (Å²) in [5.41, 5.74) is 5.34. The number of aromatic nitrogens is 1. The van der Waals surface area contributed by atoms with Crippen LogP contribution in [0.2, 0.25) is 0 Å². The minimum Gasteiger partial charge on any atom is -0.355 e. The van der Waals surface area contributed by atoms with Gasteiger partial charge in [-0.2, -0.15) is 0 Å². The maximum Gasteiger partial charge on any atom is 0.258 e. The fourth-order valence-electron chi connectivity index (χ4n) is 3.57. The maximum absolute atomic E-state index is 12.7. The Balaban J connectivity index is 1.93. The Morgan fingerprint density at radius 1 is 0.935 bits per heavy atom. The summed E-state index contributed by atoms with van der Waals surface area (Å²) >= 11 is 0. The number of benzene rings is 3. The average Bonchev–Trinajstić information content (AvgIpc) is 2.78. The highest BCUT2D eigenvalue weighted by Gasteiger charge is 2.14. The smallest absolute Gasteiger partial charge is 0.258 e. The van der Waals surface area contributed by atoms with Crippen LogP contribution in [0.15, 0.2) is 90.4 Å². The van der Waals surface area contributed by atoms with Crippen LogP contribution < -0.4 is 16.2 Å². The van der Waals surface area contributed by atoms with E-state index in [1.807, 2.05) is 79.9 Å². The predicted molar refractivity (Wildman–Crippen MR) is 128 cm³/mol. The summed E-state index contributed by atoms with van der Waals surface area (Å²) in [6, 6.07) is 21.3. The van der Waals surface area contributed by atoms with Gasteiger partial charge < -0.3 is 15.2 Å². The van der Waals surface area contributed by atoms with Crippen LogP contribution in [0.3, 0.4) is 0 Å². The van der Waals surface area contributed by atoms with Gasteiger partial charge in [0.25, 0.3) is 5.56 Å². The van der Waals surface area contributed by atoms with Crippen molar-refractivity contribution in [2.24, 2.45) is 7.05 Å². The van der Waals surface area contributed by atoms with Gasteiger partial charge in [-0.3, -0.25) is 9.59 Å². The van der Waals surface area contributed by atoms with Gasteiger partial charge in [0.05, 0.1) is 0 Å². The van der Waals surface area contributed by atoms with Crippen molar-refractivity contribution in [2.75, 3.05) is 10.6 Å². The minimum atomic E-state index is -0.282. The van der Waals surface area contributed by atoms with Crippen molar-refractivity contribution >= 4 is 33.7 Å². The summed E-state index contributed by atoms with van der Waals surface area (Å²) in [6.07, 6.45) is 3.07. The molecule has 5 heteroatoms. The van der Waals surface area contributed by atoms with Crippen molar-refractivity contribution < 1.29 is 4.79 Å². The molecular weight excluding hydrogens is 386 g/mol. The molecule has 31 heavy (non-hydrogen) atoms. The van der Waals surface area contributed by atoms with E-state index in [4.69, 9.17) is 0 Å². The van der Waals surface area contributed by atoms with Gasteiger partial charge in [0.2, 0.25) is 5.91 Å². The number of carbonyl (C=O) groups is 1. The summed E-state index contributed by atoms with van der Waals surface area (Å²) in [5.74, 6) is -0.282. The molecule has 0 fully saturated rings. The topological polar surface area (TPSA) is 63.1 Å². The van der Waals surface area contributed by atoms with E-state index in [-0.39, 0.29) is 11.5 Å². The monoisotopic (exact) mass is 409 g/mol. The summed E-state index contributed by atoms with van der Waals surface area (Å²) in [5, 5.41) is 7.79. The van der Waals surface area contributed by atoms with Crippen molar-refractivity contribution in [2.45, 2.75) is 6.92 Å². The zero-order valence-electron chi connectivity index (χ0n) is 17.5. The Bertz CT molecular complexity index is 1350. The van der Waals surface area contributed by atoms with Crippen LogP contribution in [0.1, 0.15) is 5.56 Å². The second-order valence-electron chi connectivity index (χ2n) is 7.45. The summed E-state index contributed by atoms with van der Waals surface area (Å²) in [6.45, 7) is 5.56. The Hall–Kier alpha value is -4.12. The third-order valence-corrected chi connectivity index (χ3v) is 5.18. The number of aryl methyl sites for hydroxylation is 2. The number of hydrogen-bond acceptors (Lipinski definition) is 3. The Kier molecular flexibility index (Phi) is 5.41. The first-order valence-electron chi connectivity index (χ1n) is 9.96. The lowest BCUT2D eigenvalue weighted by Gasteiger charge is -2.17. The van der Waals surface area contributed by atoms with Gasteiger partial charge in [-0.25, -0.2) is 0 Å². The van der Waals surface area contributed by atoms with Crippen LogP contribution in [0.25, 0.3) is 21.9 Å². The second-order valence-corrected chi connectivity index (χ2v) is 7.45. The fraction of sp³-hybridized carbons (Fsp3) is 0.0769. The molecule has 0 bridgehead atoms. The largest absolute Gasteiger partial charge is 0.355 e. The highest BCUT2D eigenvalue weighted by atomic mass is 16.1. The molecule has 0 saturated carbocycles. The molecular formula is C26H23N3O2. The molecule has 1 amide bonds. The quantitative estimate of drug-likeness (QED) is 0.435. The van der Waals surface area contributed by atoms with E-state index < -0.39 is 0 Å². The molecule has 1 heterocycles. The SMILES string of the molecule is C=CC(=O)Nc1ccc(Nc2ccc(C)cc2)c(-c2cn(C)c(=O)c3ccccc23)c1. The predicted octanol–water partition coefficient (Wildman–Crippen LogP) is 5.38. The van der Waals surface area contributed by atoms with Crippen molar-refractivity contribution in [3.63, 3.8) is 0 Å². The molecule has 0 aliphatic rings. The molecule has 0 aliphatic heterocycles. The number of rotatable bonds is 5. The molecule has 0 radical (unpaired) electrons. The van der Waals surface area contributed by atoms with Crippen LogP contribution >= 0.6 is 0 Å². The van der Waals surface area contributed by atoms with Gasteiger partial charge in [0.15, 0.2) is 0 Å². The van der Waals surface area contributed by atoms with E-state index in [9.17, 15) is 9.59 Å². The lowest BCUT2D eigenvalue weighted by molar-refractivity contribution is -0.111. The molecule has 3 aromatic carbocycles. The number of carbonyl (C=O) groups excluding carboxylic acids is 1. The lowest BCUT2D eigenvalue weighted by Crippen LogP contribution is -2.16. The zero-order chi connectivity index (χ0) is 22.0. The van der Waals surface area contributed by atoms with Crippen molar-refractivity contribution in [3.05, 3.63) is 101 Å². The zero-order valence-corrected chi connectivity index (χ0v) is 17.5. The van der Waals surface area contributed by atoms with Crippen molar-refractivity contribution in [3.8, 4) is 11.1 Å². The number of pyridine rings is 1. The molecule has 5 nitrogen and oxygen atoms in total. The molecule has 4 aromatic rings. The van der Waals surface area contributed by atoms with E-state index in [2.05, 4.69) is 17.2 Å². The molecule has 0 saturated heterocycles. The number of nitrogens with zero attached hydrogens (tertiary/aromatic N) is 1. The first-order chi connectivity index (χ1) is 15.0. The van der Waals surface area contributed by atoms with Gasteiger partial charge in [0, 0.05) is 46.8 Å². The molecule has 1 aromatic heterocycles. The first-order valence-corrected chi connectivity index (χ1v) is 9.96. The lowest BCUT2D eigenvalue weighted by atomic mass is 9.98. The van der Waals surface area contributed by atoms with Crippen LogP contribution in [-0.4, -0.2) is 10.5 Å². The molecule has 154 valence electrons. The van der Waals surface area contributed by atoms with Gasteiger partial charge >= 0.3 is 0 Å². The Morgan fingerprint density at radius 2 is 1.61 bits per heavy atom. The van der Waals surface area contributed by atoms with Gasteiger partial charge in [-0.1, -0.05) is 42.5 Å². The standard InChI is InChI=1S/C26H23N3O2/c1-4-25(30)28-19-13-14-24(27-18-11-9-17(2)10-12-18)22(15-19)23-16-29(3)26(31)21-8-6-5-7-20(21)23/h4-16,27H,1H2,2-3H3,(H,28,30). The van der Waals surface area contributed by atoms with E-state index in [0.29, 0.717) is 11.1 Å². The van der Waals surface area contributed by atoms with Crippen LogP contribution in [0, 0.1) is 6.92 Å². The number of hydrogen-bond donors (Lipinski definition) is 2. The summed E-state index contributed by atoms with van der Waals surface area (Å²) in [7, 11) is 1.74. The van der Waals surface area contributed by atoms with Gasteiger partial charge in [-0.05, 0) is 54.8 Å². The number of amides is 1. The highest BCUT2D eigenvalue weighted by molar-refractivity contribution is 6.03. The summed E-state index contributed by atoms with van der Waals surface area (Å²) in [4.78, 5) is 24.5. The van der Waals surface area contributed by atoms with E-state index in [1.54, 1.807) is 11.6 Å². The van der Waals surface area contributed by atoms with Crippen LogP contribution in [0.5, 0.6) is 0 Å². The third-order valence-electron chi connectivity index (χ3n) is 5.18. The number of nitrogens with one attached hydrogen (secondary N) is 2. The Labute approximate surface area is 180 Å². The maximum atomic E-state index is 12.7. The molecule has 0 unspecified atom stereocenters. The Morgan fingerprint density at radius 3 is 2.32 bits per heavy atom.